The Morgan fingerprint density at radius 3 is 2.42 bits per heavy atom. The van der Waals surface area contributed by atoms with Gasteiger partial charge in [-0.2, -0.15) is 0 Å². The number of halogens is 2. The van der Waals surface area contributed by atoms with Gasteiger partial charge in [-0.05, 0) is 23.8 Å². The van der Waals surface area contributed by atoms with Crippen molar-refractivity contribution in [1.82, 2.24) is 4.98 Å². The van der Waals surface area contributed by atoms with E-state index in [0.717, 1.165) is 17.7 Å². The number of amides is 1. The van der Waals surface area contributed by atoms with E-state index < -0.39 is 23.1 Å². The Kier molecular flexibility index (Phi) is 3.82. The van der Waals surface area contributed by atoms with Crippen molar-refractivity contribution in [2.24, 2.45) is 5.73 Å². The fourth-order valence-electron chi connectivity index (χ4n) is 1.51. The van der Waals surface area contributed by atoms with Crippen molar-refractivity contribution in [1.29, 1.82) is 0 Å². The Balaban J connectivity index is 2.21. The van der Waals surface area contributed by atoms with Gasteiger partial charge in [0.1, 0.15) is 23.0 Å². The zero-order valence-corrected chi connectivity index (χ0v) is 9.86. The molecule has 0 radical (unpaired) electrons. The standard InChI is InChI=1S/C13H11F2N3O/c14-9-2-1-3-10(15)12(9)13(19)18-11-5-4-8(6-16)7-17-11/h1-5,7H,6,16H2,(H,17,18,19). The topological polar surface area (TPSA) is 68.0 Å². The number of nitrogens with one attached hydrogen (secondary N) is 1. The molecule has 1 aromatic carbocycles. The van der Waals surface area contributed by atoms with Crippen molar-refractivity contribution in [3.05, 3.63) is 59.3 Å². The maximum atomic E-state index is 13.4. The van der Waals surface area contributed by atoms with E-state index in [-0.39, 0.29) is 5.82 Å². The van der Waals surface area contributed by atoms with Crippen molar-refractivity contribution >= 4 is 11.7 Å². The van der Waals surface area contributed by atoms with Crippen LogP contribution in [0.5, 0.6) is 0 Å². The minimum Gasteiger partial charge on any atom is -0.326 e. The lowest BCUT2D eigenvalue weighted by Gasteiger charge is -2.06. The molecule has 0 saturated carbocycles. The molecule has 1 aromatic heterocycles. The first-order chi connectivity index (χ1) is 9.11. The number of benzene rings is 1. The molecule has 0 saturated heterocycles. The van der Waals surface area contributed by atoms with Crippen LogP contribution in [0.1, 0.15) is 15.9 Å². The number of anilines is 1. The zero-order chi connectivity index (χ0) is 13.8. The lowest BCUT2D eigenvalue weighted by molar-refractivity contribution is 0.101. The van der Waals surface area contributed by atoms with Crippen LogP contribution in [0.25, 0.3) is 0 Å². The number of nitrogens with two attached hydrogens (primary N) is 1. The number of rotatable bonds is 3. The molecule has 3 N–H and O–H groups in total. The van der Waals surface area contributed by atoms with E-state index in [4.69, 9.17) is 5.73 Å². The molecule has 0 unspecified atom stereocenters. The molecule has 1 amide bonds. The summed E-state index contributed by atoms with van der Waals surface area (Å²) in [5.74, 6) is -2.53. The van der Waals surface area contributed by atoms with Gasteiger partial charge in [-0.1, -0.05) is 12.1 Å². The average Bonchev–Trinajstić information content (AvgIpc) is 2.39. The molecule has 0 atom stereocenters. The van der Waals surface area contributed by atoms with Gasteiger partial charge < -0.3 is 11.1 Å². The molecule has 0 aliphatic heterocycles. The number of hydrogen-bond donors (Lipinski definition) is 2. The summed E-state index contributed by atoms with van der Waals surface area (Å²) in [7, 11) is 0. The van der Waals surface area contributed by atoms with Gasteiger partial charge in [0, 0.05) is 12.7 Å². The summed E-state index contributed by atoms with van der Waals surface area (Å²) in [6.45, 7) is 0.323. The van der Waals surface area contributed by atoms with Crippen LogP contribution in [0, 0.1) is 11.6 Å². The Morgan fingerprint density at radius 2 is 1.89 bits per heavy atom. The second-order valence-corrected chi connectivity index (χ2v) is 3.81. The second kappa shape index (κ2) is 5.53. The van der Waals surface area contributed by atoms with Crippen LogP contribution in [0.2, 0.25) is 0 Å². The molecule has 2 rings (SSSR count). The van der Waals surface area contributed by atoms with Gasteiger partial charge in [-0.15, -0.1) is 0 Å². The molecular formula is C13H11F2N3O. The third kappa shape index (κ3) is 2.92. The van der Waals surface area contributed by atoms with Gasteiger partial charge in [0.2, 0.25) is 0 Å². The highest BCUT2D eigenvalue weighted by molar-refractivity contribution is 6.04. The first-order valence-corrected chi connectivity index (χ1v) is 5.52. The molecule has 1 heterocycles. The van der Waals surface area contributed by atoms with Crippen LogP contribution in [-0.2, 0) is 6.54 Å². The predicted molar refractivity (Wildman–Crippen MR) is 66.4 cm³/mol. The smallest absolute Gasteiger partial charge is 0.262 e. The molecular weight excluding hydrogens is 252 g/mol. The second-order valence-electron chi connectivity index (χ2n) is 3.81. The molecule has 0 fully saturated rings. The number of hydrogen-bond acceptors (Lipinski definition) is 3. The minimum atomic E-state index is -0.920. The first kappa shape index (κ1) is 13.1. The molecule has 98 valence electrons. The maximum absolute atomic E-state index is 13.4. The third-order valence-electron chi connectivity index (χ3n) is 2.49. The quantitative estimate of drug-likeness (QED) is 0.890. The molecule has 6 heteroatoms. The highest BCUT2D eigenvalue weighted by atomic mass is 19.1. The van der Waals surface area contributed by atoms with E-state index in [9.17, 15) is 13.6 Å². The summed E-state index contributed by atoms with van der Waals surface area (Å²) in [4.78, 5) is 15.7. The Bertz CT molecular complexity index is 579. The zero-order valence-electron chi connectivity index (χ0n) is 9.86. The van der Waals surface area contributed by atoms with E-state index in [2.05, 4.69) is 10.3 Å². The number of carbonyl (C=O) groups excluding carboxylic acids is 1. The number of pyridine rings is 1. The fraction of sp³-hybridized carbons (Fsp3) is 0.0769. The van der Waals surface area contributed by atoms with Gasteiger partial charge in [0.05, 0.1) is 0 Å². The molecule has 0 bridgehead atoms. The van der Waals surface area contributed by atoms with Gasteiger partial charge in [0.25, 0.3) is 5.91 Å². The van der Waals surface area contributed by atoms with E-state index >= 15 is 0 Å². The summed E-state index contributed by atoms with van der Waals surface area (Å²) in [6, 6.07) is 6.40. The summed E-state index contributed by atoms with van der Waals surface area (Å²) < 4.78 is 26.8. The van der Waals surface area contributed by atoms with Gasteiger partial charge in [0.15, 0.2) is 0 Å². The van der Waals surface area contributed by atoms with Crippen molar-refractivity contribution < 1.29 is 13.6 Å². The third-order valence-corrected chi connectivity index (χ3v) is 2.49. The Hall–Kier alpha value is -2.34. The van der Waals surface area contributed by atoms with Crippen molar-refractivity contribution in [2.45, 2.75) is 6.54 Å². The largest absolute Gasteiger partial charge is 0.326 e. The van der Waals surface area contributed by atoms with Crippen LogP contribution in [0.15, 0.2) is 36.5 Å². The van der Waals surface area contributed by atoms with E-state index in [1.165, 1.54) is 18.3 Å². The maximum Gasteiger partial charge on any atom is 0.262 e. The summed E-state index contributed by atoms with van der Waals surface area (Å²) in [5.41, 5.74) is 5.56. The lowest BCUT2D eigenvalue weighted by Crippen LogP contribution is -2.16. The summed E-state index contributed by atoms with van der Waals surface area (Å²) >= 11 is 0. The monoisotopic (exact) mass is 263 g/mol. The van der Waals surface area contributed by atoms with Crippen LogP contribution in [0.4, 0.5) is 14.6 Å². The van der Waals surface area contributed by atoms with Crippen LogP contribution >= 0.6 is 0 Å². The summed E-state index contributed by atoms with van der Waals surface area (Å²) in [6.07, 6.45) is 1.48. The predicted octanol–water partition coefficient (Wildman–Crippen LogP) is 2.07. The Labute approximate surface area is 108 Å². The van der Waals surface area contributed by atoms with E-state index in [1.807, 2.05) is 0 Å². The average molecular weight is 263 g/mol. The van der Waals surface area contributed by atoms with Gasteiger partial charge >= 0.3 is 0 Å². The molecule has 0 aliphatic carbocycles. The summed E-state index contributed by atoms with van der Waals surface area (Å²) in [5, 5.41) is 2.32. The minimum absolute atomic E-state index is 0.199. The fourth-order valence-corrected chi connectivity index (χ4v) is 1.51. The SMILES string of the molecule is NCc1ccc(NC(=O)c2c(F)cccc2F)nc1. The highest BCUT2D eigenvalue weighted by Crippen LogP contribution is 2.14. The lowest BCUT2D eigenvalue weighted by atomic mass is 10.2. The van der Waals surface area contributed by atoms with Gasteiger partial charge in [-0.25, -0.2) is 13.8 Å². The van der Waals surface area contributed by atoms with Gasteiger partial charge in [-0.3, -0.25) is 4.79 Å². The Morgan fingerprint density at radius 1 is 1.21 bits per heavy atom. The molecule has 0 spiro atoms. The van der Waals surface area contributed by atoms with E-state index in [1.54, 1.807) is 6.07 Å². The van der Waals surface area contributed by atoms with Crippen LogP contribution in [0.3, 0.4) is 0 Å². The first-order valence-electron chi connectivity index (χ1n) is 5.52. The van der Waals surface area contributed by atoms with E-state index in [0.29, 0.717) is 6.54 Å². The van der Waals surface area contributed by atoms with Crippen molar-refractivity contribution in [3.8, 4) is 0 Å². The molecule has 19 heavy (non-hydrogen) atoms. The number of nitrogens with zero attached hydrogens (tertiary/aromatic N) is 1. The van der Waals surface area contributed by atoms with Crippen LogP contribution < -0.4 is 11.1 Å². The highest BCUT2D eigenvalue weighted by Gasteiger charge is 2.17. The normalized spacial score (nSPS) is 10.3. The number of carbonyl (C=O) groups is 1. The van der Waals surface area contributed by atoms with Crippen molar-refractivity contribution in [3.63, 3.8) is 0 Å². The van der Waals surface area contributed by atoms with Crippen LogP contribution in [-0.4, -0.2) is 10.9 Å². The van der Waals surface area contributed by atoms with Crippen molar-refractivity contribution in [2.75, 3.05) is 5.32 Å². The molecule has 2 aromatic rings. The number of aromatic nitrogens is 1. The molecule has 0 aliphatic rings. The molecule has 4 nitrogen and oxygen atoms in total.